The van der Waals surface area contributed by atoms with Crippen LogP contribution in [-0.4, -0.2) is 45.0 Å². The van der Waals surface area contributed by atoms with Crippen molar-refractivity contribution in [2.24, 2.45) is 4.99 Å². The molecule has 134 valence electrons. The Balaban J connectivity index is 0.00000484. The molecule has 1 aromatic heterocycles. The van der Waals surface area contributed by atoms with Gasteiger partial charge in [0.15, 0.2) is 5.96 Å². The summed E-state index contributed by atoms with van der Waals surface area (Å²) in [5, 5.41) is 6.20. The number of alkyl halides is 3. The minimum Gasteiger partial charge on any atom is -0.469 e. The van der Waals surface area contributed by atoms with E-state index in [2.05, 4.69) is 20.4 Å². The van der Waals surface area contributed by atoms with Gasteiger partial charge >= 0.3 is 6.18 Å². The molecule has 0 unspecified atom stereocenters. The van der Waals surface area contributed by atoms with E-state index < -0.39 is 12.8 Å². The predicted molar refractivity (Wildman–Crippen MR) is 93.3 cm³/mol. The second-order valence-corrected chi connectivity index (χ2v) is 4.54. The average Bonchev–Trinajstić information content (AvgIpc) is 2.94. The molecule has 0 aliphatic carbocycles. The van der Waals surface area contributed by atoms with E-state index in [9.17, 15) is 13.2 Å². The van der Waals surface area contributed by atoms with Crippen molar-refractivity contribution in [1.29, 1.82) is 0 Å². The van der Waals surface area contributed by atoms with Crippen molar-refractivity contribution in [2.45, 2.75) is 25.9 Å². The molecule has 5 nitrogen and oxygen atoms in total. The van der Waals surface area contributed by atoms with Gasteiger partial charge in [0.05, 0.1) is 6.26 Å². The standard InChI is InChI=1S/C14H22F3N3O2.HI/c1-2-18-13(20-8-6-12-5-3-10-22-12)19-7-4-9-21-11-14(15,16)17;/h3,5,10H,2,4,6-9,11H2,1H3,(H2,18,19,20);1H. The number of furan rings is 1. The summed E-state index contributed by atoms with van der Waals surface area (Å²) in [6.07, 6.45) is -1.49. The van der Waals surface area contributed by atoms with Gasteiger partial charge in [-0.15, -0.1) is 24.0 Å². The van der Waals surface area contributed by atoms with Crippen LogP contribution in [0.25, 0.3) is 0 Å². The monoisotopic (exact) mass is 449 g/mol. The first-order chi connectivity index (χ1) is 10.5. The second kappa shape index (κ2) is 12.5. The highest BCUT2D eigenvalue weighted by Crippen LogP contribution is 2.14. The Morgan fingerprint density at radius 3 is 2.74 bits per heavy atom. The lowest BCUT2D eigenvalue weighted by molar-refractivity contribution is -0.173. The van der Waals surface area contributed by atoms with E-state index in [1.807, 2.05) is 19.1 Å². The van der Waals surface area contributed by atoms with Gasteiger partial charge in [-0.05, 0) is 25.5 Å². The van der Waals surface area contributed by atoms with Crippen LogP contribution in [0.5, 0.6) is 0 Å². The molecular weight excluding hydrogens is 426 g/mol. The topological polar surface area (TPSA) is 58.8 Å². The van der Waals surface area contributed by atoms with Gasteiger partial charge in [-0.3, -0.25) is 4.99 Å². The normalized spacial score (nSPS) is 11.9. The molecule has 1 rings (SSSR count). The number of aliphatic imine (C=N–C) groups is 1. The van der Waals surface area contributed by atoms with E-state index >= 15 is 0 Å². The van der Waals surface area contributed by atoms with Crippen molar-refractivity contribution in [1.82, 2.24) is 10.6 Å². The minimum absolute atomic E-state index is 0. The number of halogens is 4. The van der Waals surface area contributed by atoms with Gasteiger partial charge in [0.25, 0.3) is 0 Å². The maximum absolute atomic E-state index is 11.9. The van der Waals surface area contributed by atoms with Crippen molar-refractivity contribution >= 4 is 29.9 Å². The molecule has 0 amide bonds. The summed E-state index contributed by atoms with van der Waals surface area (Å²) in [5.74, 6) is 1.51. The Labute approximate surface area is 151 Å². The molecule has 0 radical (unpaired) electrons. The molecule has 0 atom stereocenters. The van der Waals surface area contributed by atoms with Gasteiger partial charge in [0.1, 0.15) is 12.4 Å². The van der Waals surface area contributed by atoms with Crippen LogP contribution in [0.2, 0.25) is 0 Å². The number of ether oxygens (including phenoxy) is 1. The van der Waals surface area contributed by atoms with Crippen molar-refractivity contribution in [2.75, 3.05) is 32.8 Å². The maximum Gasteiger partial charge on any atom is 0.411 e. The van der Waals surface area contributed by atoms with Crippen LogP contribution in [0.4, 0.5) is 13.2 Å². The Kier molecular flexibility index (Phi) is 11.9. The zero-order valence-corrected chi connectivity index (χ0v) is 15.3. The smallest absolute Gasteiger partial charge is 0.411 e. The van der Waals surface area contributed by atoms with Gasteiger partial charge in [0.2, 0.25) is 0 Å². The summed E-state index contributed by atoms with van der Waals surface area (Å²) in [7, 11) is 0. The van der Waals surface area contributed by atoms with E-state index in [0.717, 1.165) is 12.2 Å². The third-order valence-corrected chi connectivity index (χ3v) is 2.57. The van der Waals surface area contributed by atoms with Gasteiger partial charge < -0.3 is 19.8 Å². The van der Waals surface area contributed by atoms with E-state index in [4.69, 9.17) is 4.42 Å². The van der Waals surface area contributed by atoms with E-state index in [1.54, 1.807) is 6.26 Å². The van der Waals surface area contributed by atoms with Gasteiger partial charge in [-0.25, -0.2) is 0 Å². The Hall–Kier alpha value is -0.970. The molecule has 0 fully saturated rings. The van der Waals surface area contributed by atoms with E-state index in [-0.39, 0.29) is 30.6 Å². The maximum atomic E-state index is 11.9. The minimum atomic E-state index is -4.27. The number of rotatable bonds is 9. The van der Waals surface area contributed by atoms with Gasteiger partial charge in [0, 0.05) is 32.7 Å². The molecule has 0 aliphatic heterocycles. The number of guanidine groups is 1. The molecule has 23 heavy (non-hydrogen) atoms. The molecule has 0 saturated carbocycles. The molecule has 9 heteroatoms. The van der Waals surface area contributed by atoms with Crippen LogP contribution in [0, 0.1) is 0 Å². The molecule has 2 N–H and O–H groups in total. The quantitative estimate of drug-likeness (QED) is 0.264. The van der Waals surface area contributed by atoms with Crippen LogP contribution < -0.4 is 10.6 Å². The zero-order valence-electron chi connectivity index (χ0n) is 13.0. The Bertz CT molecular complexity index is 425. The Morgan fingerprint density at radius 2 is 2.13 bits per heavy atom. The highest BCUT2D eigenvalue weighted by molar-refractivity contribution is 14.0. The summed E-state index contributed by atoms with van der Waals surface area (Å²) in [5.41, 5.74) is 0. The summed E-state index contributed by atoms with van der Waals surface area (Å²) < 4.78 is 45.3. The van der Waals surface area contributed by atoms with Crippen molar-refractivity contribution < 1.29 is 22.3 Å². The fourth-order valence-corrected chi connectivity index (χ4v) is 1.65. The number of nitrogens with one attached hydrogen (secondary N) is 2. The van der Waals surface area contributed by atoms with Crippen molar-refractivity contribution in [3.63, 3.8) is 0 Å². The van der Waals surface area contributed by atoms with Crippen LogP contribution >= 0.6 is 24.0 Å². The fourth-order valence-electron chi connectivity index (χ4n) is 1.65. The average molecular weight is 449 g/mol. The van der Waals surface area contributed by atoms with Gasteiger partial charge in [-0.1, -0.05) is 0 Å². The number of hydrogen-bond acceptors (Lipinski definition) is 3. The van der Waals surface area contributed by atoms with E-state index in [0.29, 0.717) is 32.0 Å². The molecule has 0 aliphatic rings. The number of nitrogens with zero attached hydrogens (tertiary/aromatic N) is 1. The molecule has 0 bridgehead atoms. The highest BCUT2D eigenvalue weighted by atomic mass is 127. The largest absolute Gasteiger partial charge is 0.469 e. The van der Waals surface area contributed by atoms with Crippen molar-refractivity contribution in [3.8, 4) is 0 Å². The van der Waals surface area contributed by atoms with Crippen LogP contribution in [0.1, 0.15) is 19.1 Å². The van der Waals surface area contributed by atoms with Crippen LogP contribution in [0.3, 0.4) is 0 Å². The summed E-state index contributed by atoms with van der Waals surface area (Å²) in [4.78, 5) is 4.27. The molecular formula is C14H23F3IN3O2. The summed E-state index contributed by atoms with van der Waals surface area (Å²) in [6.45, 7) is 2.53. The lowest BCUT2D eigenvalue weighted by Gasteiger charge is -2.11. The van der Waals surface area contributed by atoms with E-state index in [1.165, 1.54) is 0 Å². The first kappa shape index (κ1) is 22.0. The molecule has 1 aromatic rings. The predicted octanol–water partition coefficient (Wildman–Crippen LogP) is 2.96. The third kappa shape index (κ3) is 12.2. The van der Waals surface area contributed by atoms with Gasteiger partial charge in [-0.2, -0.15) is 13.2 Å². The number of hydrogen-bond donors (Lipinski definition) is 2. The lowest BCUT2D eigenvalue weighted by atomic mass is 10.3. The SMILES string of the molecule is CCNC(=NCCCOCC(F)(F)F)NCCc1ccco1.I. The lowest BCUT2D eigenvalue weighted by Crippen LogP contribution is -2.38. The first-order valence-electron chi connectivity index (χ1n) is 7.20. The van der Waals surface area contributed by atoms with Crippen LogP contribution in [-0.2, 0) is 11.2 Å². The molecule has 0 aromatic carbocycles. The third-order valence-electron chi connectivity index (χ3n) is 2.57. The molecule has 0 saturated heterocycles. The molecule has 0 spiro atoms. The summed E-state index contributed by atoms with van der Waals surface area (Å²) in [6, 6.07) is 3.72. The first-order valence-corrected chi connectivity index (χ1v) is 7.20. The highest BCUT2D eigenvalue weighted by Gasteiger charge is 2.27. The zero-order chi connectivity index (χ0) is 16.3. The fraction of sp³-hybridized carbons (Fsp3) is 0.643. The summed E-state index contributed by atoms with van der Waals surface area (Å²) >= 11 is 0. The van der Waals surface area contributed by atoms with Crippen molar-refractivity contribution in [3.05, 3.63) is 24.2 Å². The second-order valence-electron chi connectivity index (χ2n) is 4.54. The molecule has 1 heterocycles. The Morgan fingerprint density at radius 1 is 1.35 bits per heavy atom. The van der Waals surface area contributed by atoms with Crippen LogP contribution in [0.15, 0.2) is 27.8 Å².